The highest BCUT2D eigenvalue weighted by Crippen LogP contribution is 2.23. The molecule has 0 radical (unpaired) electrons. The Hall–Kier alpha value is -2.48. The number of carbonyl (C=O) groups is 1. The van der Waals surface area contributed by atoms with Gasteiger partial charge in [-0.2, -0.15) is 0 Å². The third-order valence-electron chi connectivity index (χ3n) is 4.59. The summed E-state index contributed by atoms with van der Waals surface area (Å²) in [6.45, 7) is 2.62. The van der Waals surface area contributed by atoms with E-state index in [9.17, 15) is 17.6 Å². The highest BCUT2D eigenvalue weighted by atomic mass is 32.2. The molecule has 0 aliphatic carbocycles. The van der Waals surface area contributed by atoms with Gasteiger partial charge in [0.15, 0.2) is 9.84 Å². The van der Waals surface area contributed by atoms with E-state index in [2.05, 4.69) is 10.3 Å². The second kappa shape index (κ2) is 8.04. The molecule has 144 valence electrons. The molecule has 0 saturated carbocycles. The van der Waals surface area contributed by atoms with Crippen molar-refractivity contribution in [3.63, 3.8) is 0 Å². The van der Waals surface area contributed by atoms with Gasteiger partial charge < -0.3 is 10.2 Å². The zero-order valence-electron chi connectivity index (χ0n) is 15.1. The second-order valence-corrected chi connectivity index (χ2v) is 8.83. The van der Waals surface area contributed by atoms with Crippen molar-refractivity contribution in [2.24, 2.45) is 0 Å². The number of nitrogens with one attached hydrogen (secondary N) is 1. The molecule has 1 aliphatic heterocycles. The van der Waals surface area contributed by atoms with Crippen molar-refractivity contribution >= 4 is 27.2 Å². The van der Waals surface area contributed by atoms with E-state index in [-0.39, 0.29) is 35.7 Å². The van der Waals surface area contributed by atoms with Gasteiger partial charge >= 0.3 is 0 Å². The van der Waals surface area contributed by atoms with E-state index >= 15 is 0 Å². The average molecular weight is 391 g/mol. The molecule has 1 aliphatic rings. The van der Waals surface area contributed by atoms with Crippen molar-refractivity contribution in [3.8, 4) is 0 Å². The van der Waals surface area contributed by atoms with Crippen molar-refractivity contribution in [2.45, 2.75) is 25.8 Å². The van der Waals surface area contributed by atoms with Crippen LogP contribution in [0.1, 0.15) is 18.9 Å². The number of aromatic nitrogens is 1. The number of hydrogen-bond acceptors (Lipinski definition) is 5. The Labute approximate surface area is 158 Å². The van der Waals surface area contributed by atoms with Crippen LogP contribution >= 0.6 is 0 Å². The predicted octanol–water partition coefficient (Wildman–Crippen LogP) is 2.42. The molecule has 27 heavy (non-hydrogen) atoms. The van der Waals surface area contributed by atoms with E-state index in [1.807, 2.05) is 11.8 Å². The van der Waals surface area contributed by atoms with Gasteiger partial charge in [-0.05, 0) is 43.2 Å². The van der Waals surface area contributed by atoms with E-state index in [4.69, 9.17) is 0 Å². The number of pyridine rings is 1. The van der Waals surface area contributed by atoms with Gasteiger partial charge in [0.2, 0.25) is 5.91 Å². The maximum atomic E-state index is 12.9. The first-order chi connectivity index (χ1) is 12.9. The molecule has 1 N–H and O–H groups in total. The summed E-state index contributed by atoms with van der Waals surface area (Å²) < 4.78 is 36.4. The Balaban J connectivity index is 1.62. The van der Waals surface area contributed by atoms with Crippen molar-refractivity contribution in [1.29, 1.82) is 0 Å². The van der Waals surface area contributed by atoms with Crippen LogP contribution in [0.15, 0.2) is 42.6 Å². The summed E-state index contributed by atoms with van der Waals surface area (Å²) in [5, 5.41) is 2.76. The van der Waals surface area contributed by atoms with Crippen molar-refractivity contribution in [2.75, 3.05) is 28.3 Å². The smallest absolute Gasteiger partial charge is 0.228 e. The Morgan fingerprint density at radius 3 is 2.56 bits per heavy atom. The zero-order chi connectivity index (χ0) is 19.4. The number of hydrogen-bond donors (Lipinski definition) is 1. The molecular formula is C19H22FN3O3S. The number of carbonyl (C=O) groups excluding carboxylic acids is 1. The van der Waals surface area contributed by atoms with Crippen molar-refractivity contribution in [3.05, 3.63) is 54.0 Å². The van der Waals surface area contributed by atoms with E-state index in [1.165, 1.54) is 12.1 Å². The minimum absolute atomic E-state index is 0.0635. The lowest BCUT2D eigenvalue weighted by atomic mass is 10.1. The Bertz CT molecular complexity index is 899. The van der Waals surface area contributed by atoms with E-state index < -0.39 is 9.84 Å². The Morgan fingerprint density at radius 2 is 2.00 bits per heavy atom. The number of sulfone groups is 1. The molecule has 2 aromatic rings. The standard InChI is InChI=1S/C19H22FN3O3S/c1-2-23(17-9-10-27(25,26)13-17)18-8-7-16(12-21-18)22-19(24)11-14-3-5-15(20)6-4-14/h3-8,12,17H,2,9-11,13H2,1H3,(H,22,24). The maximum absolute atomic E-state index is 12.9. The fourth-order valence-electron chi connectivity index (χ4n) is 3.25. The van der Waals surface area contributed by atoms with Crippen LogP contribution in [0.2, 0.25) is 0 Å². The molecule has 0 bridgehead atoms. The van der Waals surface area contributed by atoms with Crippen molar-refractivity contribution in [1.82, 2.24) is 4.98 Å². The Morgan fingerprint density at radius 1 is 1.26 bits per heavy atom. The molecule has 2 heterocycles. The molecule has 3 rings (SSSR count). The van der Waals surface area contributed by atoms with Gasteiger partial charge in [-0.1, -0.05) is 12.1 Å². The summed E-state index contributed by atoms with van der Waals surface area (Å²) >= 11 is 0. The van der Waals surface area contributed by atoms with Crippen molar-refractivity contribution < 1.29 is 17.6 Å². The van der Waals surface area contributed by atoms with Crippen LogP contribution in [0.4, 0.5) is 15.9 Å². The third-order valence-corrected chi connectivity index (χ3v) is 6.34. The molecule has 1 unspecified atom stereocenters. The number of amides is 1. The van der Waals surface area contributed by atoms with Crippen LogP contribution < -0.4 is 10.2 Å². The van der Waals surface area contributed by atoms with Crippen LogP contribution in [0, 0.1) is 5.82 Å². The third kappa shape index (κ3) is 5.03. The number of rotatable bonds is 6. The summed E-state index contributed by atoms with van der Waals surface area (Å²) in [5.74, 6) is 0.501. The SMILES string of the molecule is CCN(c1ccc(NC(=O)Cc2ccc(F)cc2)cn1)C1CCS(=O)(=O)C1. The second-order valence-electron chi connectivity index (χ2n) is 6.60. The van der Waals surface area contributed by atoms with E-state index in [0.29, 0.717) is 24.5 Å². The first kappa shape index (κ1) is 19.3. The van der Waals surface area contributed by atoms with Gasteiger partial charge in [-0.25, -0.2) is 17.8 Å². The summed E-state index contributed by atoms with van der Waals surface area (Å²) in [6.07, 6.45) is 2.31. The quantitative estimate of drug-likeness (QED) is 0.818. The fourth-order valence-corrected chi connectivity index (χ4v) is 4.98. The molecule has 0 spiro atoms. The maximum Gasteiger partial charge on any atom is 0.228 e. The summed E-state index contributed by atoms with van der Waals surface area (Å²) in [4.78, 5) is 18.5. The summed E-state index contributed by atoms with van der Waals surface area (Å²) in [5.41, 5.74) is 1.28. The van der Waals surface area contributed by atoms with Gasteiger partial charge in [-0.15, -0.1) is 0 Å². The van der Waals surface area contributed by atoms with Crippen LogP contribution in [-0.4, -0.2) is 43.4 Å². The first-order valence-electron chi connectivity index (χ1n) is 8.84. The van der Waals surface area contributed by atoms with Crippen LogP contribution in [0.3, 0.4) is 0 Å². The lowest BCUT2D eigenvalue weighted by Crippen LogP contribution is -2.36. The number of halogens is 1. The minimum atomic E-state index is -2.97. The number of nitrogens with zero attached hydrogens (tertiary/aromatic N) is 2. The van der Waals surface area contributed by atoms with Gasteiger partial charge in [0.05, 0.1) is 29.8 Å². The van der Waals surface area contributed by atoms with Gasteiger partial charge in [0.25, 0.3) is 0 Å². The monoisotopic (exact) mass is 391 g/mol. The number of anilines is 2. The highest BCUT2D eigenvalue weighted by molar-refractivity contribution is 7.91. The minimum Gasteiger partial charge on any atom is -0.353 e. The van der Waals surface area contributed by atoms with E-state index in [1.54, 1.807) is 30.5 Å². The fraction of sp³-hybridized carbons (Fsp3) is 0.368. The lowest BCUT2D eigenvalue weighted by molar-refractivity contribution is -0.115. The number of benzene rings is 1. The molecule has 1 aromatic carbocycles. The average Bonchev–Trinajstić information content (AvgIpc) is 2.99. The van der Waals surface area contributed by atoms with Crippen LogP contribution in [-0.2, 0) is 21.1 Å². The predicted molar refractivity (Wildman–Crippen MR) is 103 cm³/mol. The van der Waals surface area contributed by atoms with E-state index in [0.717, 1.165) is 5.56 Å². The van der Waals surface area contributed by atoms with Gasteiger partial charge in [0, 0.05) is 12.6 Å². The molecule has 1 fully saturated rings. The topological polar surface area (TPSA) is 79.4 Å². The highest BCUT2D eigenvalue weighted by Gasteiger charge is 2.32. The zero-order valence-corrected chi connectivity index (χ0v) is 15.9. The molecular weight excluding hydrogens is 369 g/mol. The molecule has 6 nitrogen and oxygen atoms in total. The molecule has 1 amide bonds. The normalized spacial score (nSPS) is 18.2. The first-order valence-corrected chi connectivity index (χ1v) is 10.7. The van der Waals surface area contributed by atoms with Gasteiger partial charge in [-0.3, -0.25) is 4.79 Å². The van der Waals surface area contributed by atoms with Crippen LogP contribution in [0.5, 0.6) is 0 Å². The summed E-state index contributed by atoms with van der Waals surface area (Å²) in [7, 11) is -2.97. The molecule has 1 aromatic heterocycles. The Kier molecular flexibility index (Phi) is 5.74. The lowest BCUT2D eigenvalue weighted by Gasteiger charge is -2.28. The molecule has 1 saturated heterocycles. The van der Waals surface area contributed by atoms with Crippen LogP contribution in [0.25, 0.3) is 0 Å². The largest absolute Gasteiger partial charge is 0.353 e. The summed E-state index contributed by atoms with van der Waals surface area (Å²) in [6, 6.07) is 9.25. The molecule has 1 atom stereocenters. The molecule has 8 heteroatoms. The van der Waals surface area contributed by atoms with Gasteiger partial charge in [0.1, 0.15) is 11.6 Å².